The molecular weight excluding hydrogens is 494 g/mol. The number of carbonyl (C=O) groups excluding carboxylic acids is 2. The number of aromatic nitrogens is 1. The van der Waals surface area contributed by atoms with Crippen molar-refractivity contribution in [3.8, 4) is 11.5 Å². The smallest absolute Gasteiger partial charge is 0.254 e. The minimum Gasteiger partial charge on any atom is -0.493 e. The van der Waals surface area contributed by atoms with Gasteiger partial charge in [-0.05, 0) is 70.4 Å². The Labute approximate surface area is 230 Å². The third-order valence-electron chi connectivity index (χ3n) is 7.79. The summed E-state index contributed by atoms with van der Waals surface area (Å²) in [5, 5.41) is 1.06. The molecule has 3 heterocycles. The Hall–Kier alpha value is -3.52. The van der Waals surface area contributed by atoms with Gasteiger partial charge in [-0.15, -0.1) is 0 Å². The zero-order valence-corrected chi connectivity index (χ0v) is 23.7. The van der Waals surface area contributed by atoms with Crippen LogP contribution < -0.4 is 9.47 Å². The molecule has 2 atom stereocenters. The fourth-order valence-electron chi connectivity index (χ4n) is 5.98. The van der Waals surface area contributed by atoms with Crippen molar-refractivity contribution in [2.45, 2.75) is 64.7 Å². The highest BCUT2D eigenvalue weighted by atomic mass is 16.5. The van der Waals surface area contributed by atoms with Crippen LogP contribution in [0.1, 0.15) is 63.8 Å². The number of H-pyrrole nitrogens is 1. The maximum atomic E-state index is 14.1. The van der Waals surface area contributed by atoms with E-state index < -0.39 is 5.54 Å². The van der Waals surface area contributed by atoms with Gasteiger partial charge in [0, 0.05) is 36.5 Å². The summed E-state index contributed by atoms with van der Waals surface area (Å²) in [6.45, 7) is 11.3. The van der Waals surface area contributed by atoms with Gasteiger partial charge in [0.1, 0.15) is 0 Å². The lowest BCUT2D eigenvalue weighted by Gasteiger charge is -2.51. The number of fused-ring (bicyclic) bond motifs is 5. The zero-order chi connectivity index (χ0) is 27.9. The number of nitrogens with zero attached hydrogens (tertiary/aromatic N) is 2. The Morgan fingerprint density at radius 1 is 1.05 bits per heavy atom. The minimum absolute atomic E-state index is 0.0113. The number of nitrogens with one attached hydrogen (secondary N) is 1. The zero-order valence-electron chi connectivity index (χ0n) is 23.7. The molecule has 1 saturated heterocycles. The summed E-state index contributed by atoms with van der Waals surface area (Å²) in [4.78, 5) is 34.8. The van der Waals surface area contributed by atoms with Crippen LogP contribution in [-0.4, -0.2) is 72.2 Å². The lowest BCUT2D eigenvalue weighted by atomic mass is 9.76. The molecule has 2 aromatic carbocycles. The largest absolute Gasteiger partial charge is 0.493 e. The summed E-state index contributed by atoms with van der Waals surface area (Å²) in [5.41, 5.74) is 2.66. The standard InChI is InChI=1S/C31H39N3O5/c1-19(2)38-15-9-14-33-18-27(35)34-17-23(21-12-13-25(39-20(3)4)26(16-21)37-6)28-22-10-7-8-11-24(22)32-29(28)31(34,5)30(33)36/h7-8,10-13,16,19-20,23,32H,9,14-15,17-18H2,1-6H3/t23-,31-/m0/s1. The molecule has 2 aliphatic heterocycles. The first-order chi connectivity index (χ1) is 18.6. The molecule has 0 radical (unpaired) electrons. The van der Waals surface area contributed by atoms with E-state index in [9.17, 15) is 9.59 Å². The number of aromatic amines is 1. The first kappa shape index (κ1) is 27.1. The first-order valence-electron chi connectivity index (χ1n) is 13.8. The van der Waals surface area contributed by atoms with Gasteiger partial charge in [0.2, 0.25) is 5.91 Å². The van der Waals surface area contributed by atoms with Gasteiger partial charge in [-0.1, -0.05) is 24.3 Å². The second-order valence-corrected chi connectivity index (χ2v) is 11.2. The van der Waals surface area contributed by atoms with Crippen molar-refractivity contribution in [2.75, 3.05) is 33.4 Å². The van der Waals surface area contributed by atoms with Crippen molar-refractivity contribution >= 4 is 22.7 Å². The Balaban J connectivity index is 1.58. The predicted octanol–water partition coefficient (Wildman–Crippen LogP) is 4.81. The summed E-state index contributed by atoms with van der Waals surface area (Å²) in [6, 6.07) is 14.1. The lowest BCUT2D eigenvalue weighted by Crippen LogP contribution is -2.67. The highest BCUT2D eigenvalue weighted by Gasteiger charge is 2.56. The molecule has 39 heavy (non-hydrogen) atoms. The number of carbonyl (C=O) groups is 2. The molecule has 8 heteroatoms. The Morgan fingerprint density at radius 2 is 1.82 bits per heavy atom. The van der Waals surface area contributed by atoms with E-state index >= 15 is 0 Å². The first-order valence-corrected chi connectivity index (χ1v) is 13.8. The third kappa shape index (κ3) is 4.75. The molecule has 0 saturated carbocycles. The van der Waals surface area contributed by atoms with Crippen LogP contribution in [0.2, 0.25) is 0 Å². The number of amides is 2. The van der Waals surface area contributed by atoms with Crippen LogP contribution in [0.15, 0.2) is 42.5 Å². The fraction of sp³-hybridized carbons (Fsp3) is 0.484. The van der Waals surface area contributed by atoms with E-state index in [4.69, 9.17) is 14.2 Å². The number of hydrogen-bond donors (Lipinski definition) is 1. The Bertz CT molecular complexity index is 1380. The molecule has 0 bridgehead atoms. The average molecular weight is 534 g/mol. The summed E-state index contributed by atoms with van der Waals surface area (Å²) in [7, 11) is 1.63. The van der Waals surface area contributed by atoms with Crippen LogP contribution >= 0.6 is 0 Å². The molecule has 208 valence electrons. The molecular formula is C31H39N3O5. The van der Waals surface area contributed by atoms with Gasteiger partial charge >= 0.3 is 0 Å². The second kappa shape index (κ2) is 10.6. The molecule has 0 aliphatic carbocycles. The quantitative estimate of drug-likeness (QED) is 0.399. The van der Waals surface area contributed by atoms with E-state index in [0.717, 1.165) is 27.7 Å². The van der Waals surface area contributed by atoms with Crippen LogP contribution in [0.3, 0.4) is 0 Å². The van der Waals surface area contributed by atoms with Crippen LogP contribution in [0.5, 0.6) is 11.5 Å². The number of ether oxygens (including phenoxy) is 3. The number of hydrogen-bond acceptors (Lipinski definition) is 5. The molecule has 0 unspecified atom stereocenters. The van der Waals surface area contributed by atoms with Crippen LogP contribution in [0.25, 0.3) is 10.9 Å². The average Bonchev–Trinajstić information content (AvgIpc) is 3.30. The number of rotatable bonds is 9. The van der Waals surface area contributed by atoms with Gasteiger partial charge in [0.15, 0.2) is 17.0 Å². The van der Waals surface area contributed by atoms with E-state index in [0.29, 0.717) is 37.6 Å². The van der Waals surface area contributed by atoms with Crippen molar-refractivity contribution in [2.24, 2.45) is 0 Å². The van der Waals surface area contributed by atoms with Gasteiger partial charge in [-0.3, -0.25) is 9.59 Å². The topological polar surface area (TPSA) is 84.1 Å². The van der Waals surface area contributed by atoms with E-state index in [1.165, 1.54) is 0 Å². The van der Waals surface area contributed by atoms with Crippen LogP contribution in [-0.2, 0) is 19.9 Å². The van der Waals surface area contributed by atoms with Crippen LogP contribution in [0.4, 0.5) is 0 Å². The van der Waals surface area contributed by atoms with Crippen molar-refractivity contribution in [1.82, 2.24) is 14.8 Å². The Kier molecular flexibility index (Phi) is 7.33. The van der Waals surface area contributed by atoms with Gasteiger partial charge in [0.25, 0.3) is 5.91 Å². The van der Waals surface area contributed by atoms with E-state index in [1.807, 2.05) is 71.0 Å². The molecule has 0 spiro atoms. The summed E-state index contributed by atoms with van der Waals surface area (Å²) < 4.78 is 17.3. The van der Waals surface area contributed by atoms with E-state index in [1.54, 1.807) is 16.9 Å². The summed E-state index contributed by atoms with van der Waals surface area (Å²) in [5.74, 6) is 1.07. The van der Waals surface area contributed by atoms with E-state index in [-0.39, 0.29) is 36.5 Å². The molecule has 1 fully saturated rings. The Morgan fingerprint density at radius 3 is 2.54 bits per heavy atom. The molecule has 2 amide bonds. The summed E-state index contributed by atoms with van der Waals surface area (Å²) >= 11 is 0. The highest BCUT2D eigenvalue weighted by molar-refractivity contribution is 6.01. The number of piperazine rings is 1. The molecule has 1 aromatic heterocycles. The predicted molar refractivity (Wildman–Crippen MR) is 150 cm³/mol. The third-order valence-corrected chi connectivity index (χ3v) is 7.79. The van der Waals surface area contributed by atoms with Crippen LogP contribution in [0, 0.1) is 0 Å². The number of methoxy groups -OCH3 is 1. The highest BCUT2D eigenvalue weighted by Crippen LogP contribution is 2.49. The minimum atomic E-state index is -1.12. The summed E-state index contributed by atoms with van der Waals surface area (Å²) in [6.07, 6.45) is 0.822. The fourth-order valence-corrected chi connectivity index (χ4v) is 5.98. The SMILES string of the molecule is COc1cc([C@@H]2CN3C(=O)CN(CCCOC(C)C)C(=O)[C@]3(C)c3[nH]c4ccccc4c32)ccc1OC(C)C. The monoisotopic (exact) mass is 533 g/mol. The van der Waals surface area contributed by atoms with E-state index in [2.05, 4.69) is 11.1 Å². The van der Waals surface area contributed by atoms with Crippen molar-refractivity contribution in [1.29, 1.82) is 0 Å². The molecule has 2 aliphatic rings. The van der Waals surface area contributed by atoms with Crippen molar-refractivity contribution < 1.29 is 23.8 Å². The normalized spacial score (nSPS) is 21.1. The second-order valence-electron chi connectivity index (χ2n) is 11.2. The molecule has 1 N–H and O–H groups in total. The molecule has 3 aromatic rings. The van der Waals surface area contributed by atoms with Crippen molar-refractivity contribution in [3.63, 3.8) is 0 Å². The maximum absolute atomic E-state index is 14.1. The van der Waals surface area contributed by atoms with Gasteiger partial charge in [0.05, 0.1) is 31.6 Å². The maximum Gasteiger partial charge on any atom is 0.254 e. The van der Waals surface area contributed by atoms with Gasteiger partial charge < -0.3 is 29.0 Å². The van der Waals surface area contributed by atoms with Gasteiger partial charge in [-0.2, -0.15) is 0 Å². The number of para-hydroxylation sites is 1. The van der Waals surface area contributed by atoms with Gasteiger partial charge in [-0.25, -0.2) is 0 Å². The van der Waals surface area contributed by atoms with Crippen molar-refractivity contribution in [3.05, 3.63) is 59.3 Å². The lowest BCUT2D eigenvalue weighted by molar-refractivity contribution is -0.166. The molecule has 8 nitrogen and oxygen atoms in total. The number of benzene rings is 2. The molecule has 5 rings (SSSR count).